The molecule has 0 saturated carbocycles. The summed E-state index contributed by atoms with van der Waals surface area (Å²) in [5, 5.41) is 3.34. The van der Waals surface area contributed by atoms with E-state index in [1.165, 1.54) is 166 Å². The normalized spacial score (nSPS) is 12.2. The molecule has 0 aromatic carbocycles. The molecule has 1 N–H and O–H groups in total. The highest BCUT2D eigenvalue weighted by molar-refractivity contribution is 7.96. The minimum atomic E-state index is -0.548. The molecule has 0 aromatic rings. The maximum absolute atomic E-state index is 12.5. The van der Waals surface area contributed by atoms with E-state index in [-0.39, 0.29) is 5.37 Å². The maximum atomic E-state index is 12.5. The van der Waals surface area contributed by atoms with Crippen LogP contribution in [0.4, 0.5) is 4.79 Å². The molecule has 4 nitrogen and oxygen atoms in total. The van der Waals surface area contributed by atoms with Gasteiger partial charge in [-0.2, -0.15) is 0 Å². The Morgan fingerprint density at radius 1 is 0.574 bits per heavy atom. The van der Waals surface area contributed by atoms with E-state index in [0.29, 0.717) is 11.5 Å². The molecule has 7 heteroatoms. The average molecular weight is 716 g/mol. The molecule has 0 rings (SSSR count). The van der Waals surface area contributed by atoms with Gasteiger partial charge in [-0.1, -0.05) is 180 Å². The Balaban J connectivity index is 4.10. The Labute approximate surface area is 308 Å². The van der Waals surface area contributed by atoms with Crippen molar-refractivity contribution in [1.29, 1.82) is 0 Å². The smallest absolute Gasteiger partial charge is 0.408 e. The average Bonchev–Trinajstić information content (AvgIpc) is 3.02. The highest BCUT2D eigenvalue weighted by atomic mass is 32.2. The highest BCUT2D eigenvalue weighted by Gasteiger charge is 2.21. The summed E-state index contributed by atoms with van der Waals surface area (Å²) in [7, 11) is 0. The third-order valence-corrected chi connectivity index (χ3v) is 10.3. The zero-order valence-electron chi connectivity index (χ0n) is 31.7. The molecule has 0 aliphatic heterocycles. The molecule has 47 heavy (non-hydrogen) atoms. The van der Waals surface area contributed by atoms with Gasteiger partial charge in [-0.25, -0.2) is 4.79 Å². The van der Waals surface area contributed by atoms with E-state index in [4.69, 9.17) is 33.4 Å². The zero-order valence-corrected chi connectivity index (χ0v) is 34.2. The molecular weight excluding hydrogens is 639 g/mol. The fourth-order valence-corrected chi connectivity index (χ4v) is 6.97. The van der Waals surface area contributed by atoms with Crippen LogP contribution in [0.3, 0.4) is 0 Å². The van der Waals surface area contributed by atoms with Crippen LogP contribution in [-0.4, -0.2) is 27.0 Å². The molecule has 0 bridgehead atoms. The van der Waals surface area contributed by atoms with Crippen LogP contribution in [0.25, 0.3) is 0 Å². The van der Waals surface area contributed by atoms with E-state index < -0.39 is 11.7 Å². The van der Waals surface area contributed by atoms with Crippen LogP contribution in [0.2, 0.25) is 0 Å². The number of alkyl carbamates (subject to hydrolysis) is 1. The van der Waals surface area contributed by atoms with Crippen LogP contribution >= 0.6 is 36.5 Å². The van der Waals surface area contributed by atoms with E-state index >= 15 is 0 Å². The van der Waals surface area contributed by atoms with Gasteiger partial charge < -0.3 is 14.2 Å². The minimum Gasteiger partial charge on any atom is -0.444 e. The lowest BCUT2D eigenvalue weighted by Gasteiger charge is -2.23. The molecule has 0 aromatic heterocycles. The number of hydrogen-bond acceptors (Lipinski definition) is 6. The van der Waals surface area contributed by atoms with Crippen LogP contribution in [0.1, 0.15) is 227 Å². The highest BCUT2D eigenvalue weighted by Crippen LogP contribution is 2.21. The molecule has 278 valence electrons. The number of amides is 1. The fraction of sp³-hybridized carbons (Fsp3) is 0.925. The molecular formula is C40H77NO3S3. The number of unbranched alkanes of at least 4 members (excludes halogenated alkanes) is 24. The van der Waals surface area contributed by atoms with Crippen molar-refractivity contribution in [2.75, 3.05) is 0 Å². The number of ether oxygens (including phenoxy) is 1. The van der Waals surface area contributed by atoms with Crippen molar-refractivity contribution < 1.29 is 13.7 Å². The summed E-state index contributed by atoms with van der Waals surface area (Å²) in [5.74, 6) is 0. The van der Waals surface area contributed by atoms with Crippen LogP contribution in [0, 0.1) is 0 Å². The van der Waals surface area contributed by atoms with Crippen molar-refractivity contribution in [2.45, 2.75) is 238 Å². The molecule has 0 radical (unpaired) electrons. The van der Waals surface area contributed by atoms with Gasteiger partial charge in [0.25, 0.3) is 0 Å². The van der Waals surface area contributed by atoms with Gasteiger partial charge in [0.1, 0.15) is 11.0 Å². The lowest BCUT2D eigenvalue weighted by molar-refractivity contribution is 0.0520. The van der Waals surface area contributed by atoms with E-state index in [1.807, 2.05) is 20.8 Å². The largest absolute Gasteiger partial charge is 0.444 e. The van der Waals surface area contributed by atoms with Crippen LogP contribution < -0.4 is 5.32 Å². The predicted molar refractivity (Wildman–Crippen MR) is 217 cm³/mol. The number of carbonyl (C=O) groups excluding carboxylic acids is 1. The van der Waals surface area contributed by atoms with Crippen molar-refractivity contribution >= 4 is 52.5 Å². The van der Waals surface area contributed by atoms with Gasteiger partial charge in [0.2, 0.25) is 0 Å². The first kappa shape index (κ1) is 46.6. The van der Waals surface area contributed by atoms with Gasteiger partial charge in [-0.3, -0.25) is 0 Å². The second-order valence-corrected chi connectivity index (χ2v) is 16.7. The lowest BCUT2D eigenvalue weighted by Crippen LogP contribution is -2.38. The Kier molecular flexibility index (Phi) is 33.8. The van der Waals surface area contributed by atoms with Crippen molar-refractivity contribution in [3.05, 3.63) is 0 Å². The molecule has 1 atom stereocenters. The molecule has 0 heterocycles. The van der Waals surface area contributed by atoms with Crippen molar-refractivity contribution in [2.24, 2.45) is 0 Å². The first-order valence-corrected chi connectivity index (χ1v) is 21.7. The van der Waals surface area contributed by atoms with Crippen molar-refractivity contribution in [1.82, 2.24) is 5.32 Å². The van der Waals surface area contributed by atoms with Crippen LogP contribution in [0.15, 0.2) is 0 Å². The summed E-state index contributed by atoms with van der Waals surface area (Å²) >= 11 is 12.5. The summed E-state index contributed by atoms with van der Waals surface area (Å²) in [6, 6.07) is 0. The van der Waals surface area contributed by atoms with Gasteiger partial charge in [0.05, 0.1) is 12.0 Å². The first-order chi connectivity index (χ1) is 22.7. The third kappa shape index (κ3) is 36.7. The van der Waals surface area contributed by atoms with Crippen molar-refractivity contribution in [3.63, 3.8) is 0 Å². The monoisotopic (exact) mass is 716 g/mol. The lowest BCUT2D eigenvalue weighted by atomic mass is 10.0. The second kappa shape index (κ2) is 34.1. The fourth-order valence-electron chi connectivity index (χ4n) is 5.78. The van der Waals surface area contributed by atoms with Crippen molar-refractivity contribution in [3.8, 4) is 0 Å². The summed E-state index contributed by atoms with van der Waals surface area (Å²) < 4.78 is 11.4. The summed E-state index contributed by atoms with van der Waals surface area (Å²) in [6.45, 7) is 10.2. The molecule has 0 saturated heterocycles. The molecule has 1 amide bonds. The molecule has 0 fully saturated rings. The summed E-state index contributed by atoms with van der Waals surface area (Å²) in [4.78, 5) is 13.6. The van der Waals surface area contributed by atoms with Gasteiger partial charge in [-0.15, -0.1) is 0 Å². The molecule has 0 aliphatic rings. The molecule has 0 aliphatic carbocycles. The Hall–Kier alpha value is -0.400. The topological polar surface area (TPSA) is 47.6 Å². The van der Waals surface area contributed by atoms with E-state index in [9.17, 15) is 4.79 Å². The third-order valence-electron chi connectivity index (χ3n) is 8.66. The number of nitrogens with one attached hydrogen (secondary N) is 1. The number of rotatable bonds is 34. The number of carbonyl (C=O) groups is 1. The Morgan fingerprint density at radius 2 is 0.936 bits per heavy atom. The second-order valence-electron chi connectivity index (χ2n) is 14.7. The predicted octanol–water partition coefficient (Wildman–Crippen LogP) is 14.9. The quantitative estimate of drug-likeness (QED) is 0.0310. The zero-order chi connectivity index (χ0) is 34.9. The molecule has 0 spiro atoms. The first-order valence-electron chi connectivity index (χ1n) is 20.0. The maximum Gasteiger partial charge on any atom is 0.408 e. The molecule has 1 unspecified atom stereocenters. The van der Waals surface area contributed by atoms with Gasteiger partial charge in [0, 0.05) is 6.42 Å². The minimum absolute atomic E-state index is 0.251. The van der Waals surface area contributed by atoms with Crippen LogP contribution in [-0.2, 0) is 8.92 Å². The van der Waals surface area contributed by atoms with E-state index in [2.05, 4.69) is 19.2 Å². The van der Waals surface area contributed by atoms with Gasteiger partial charge >= 0.3 is 6.09 Å². The van der Waals surface area contributed by atoms with E-state index in [0.717, 1.165) is 37.0 Å². The van der Waals surface area contributed by atoms with Gasteiger partial charge in [0.15, 0.2) is 5.05 Å². The number of thiocarbonyl (C=S) groups is 2. The standard InChI is InChI=1S/C40H77NO3S3/c1-6-8-10-12-14-16-18-20-22-24-26-28-30-32-36(45)34-35-37(41-39(42)43-40(3,4)5)47-44-38(46)33-31-29-27-25-23-21-19-17-15-13-11-9-7-2/h37H,6-35H2,1-5H3,(H,41,42). The SMILES string of the molecule is CCCCCCCCCCCCCCCC(=S)CCC(NC(=O)OC(C)(C)C)SOC(=S)CCCCCCCCCCCCCCC. The number of hydrogen-bond donors (Lipinski definition) is 1. The summed E-state index contributed by atoms with van der Waals surface area (Å²) in [5.41, 5.74) is -0.548. The van der Waals surface area contributed by atoms with E-state index in [1.54, 1.807) is 0 Å². The Morgan fingerprint density at radius 3 is 1.32 bits per heavy atom. The summed E-state index contributed by atoms with van der Waals surface area (Å²) in [6.07, 6.45) is 37.8. The Bertz CT molecular complexity index is 695. The van der Waals surface area contributed by atoms with Gasteiger partial charge in [-0.05, 0) is 70.0 Å². The van der Waals surface area contributed by atoms with Crippen LogP contribution in [0.5, 0.6) is 0 Å².